The Bertz CT molecular complexity index is 188. The summed E-state index contributed by atoms with van der Waals surface area (Å²) >= 11 is 0. The molecule has 0 unspecified atom stereocenters. The van der Waals surface area contributed by atoms with E-state index >= 15 is 0 Å². The van der Waals surface area contributed by atoms with Crippen LogP contribution in [0, 0.1) is 0 Å². The molecule has 12 heavy (non-hydrogen) atoms. The van der Waals surface area contributed by atoms with Gasteiger partial charge in [0.25, 0.3) is 0 Å². The Morgan fingerprint density at radius 3 is 1.67 bits per heavy atom. The van der Waals surface area contributed by atoms with Crippen LogP contribution in [0.5, 0.6) is 0 Å². The number of hydrogen-bond donors (Lipinski definition) is 0. The molecule has 2 aliphatic rings. The van der Waals surface area contributed by atoms with E-state index in [4.69, 9.17) is 18.5 Å². The lowest BCUT2D eigenvalue weighted by molar-refractivity contribution is 0.117. The van der Waals surface area contributed by atoms with Crippen molar-refractivity contribution < 1.29 is 23.1 Å². The van der Waals surface area contributed by atoms with E-state index < -0.39 is 8.25 Å². The molecule has 2 rings (SSSR count). The molecule has 0 N–H and O–H groups in total. The lowest BCUT2D eigenvalue weighted by Gasteiger charge is -1.98. The fourth-order valence-corrected chi connectivity index (χ4v) is 1.73. The summed E-state index contributed by atoms with van der Waals surface area (Å²) in [5.41, 5.74) is 0. The SMILES string of the molecule is C[C@@H]1O[C@@H]1O[PH](=O)O[C@H]1O[C@H]1C. The topological polar surface area (TPSA) is 60.6 Å². The number of ether oxygens (including phenoxy) is 2. The van der Waals surface area contributed by atoms with Gasteiger partial charge >= 0.3 is 8.25 Å². The second-order valence-electron chi connectivity index (χ2n) is 2.90. The summed E-state index contributed by atoms with van der Waals surface area (Å²) in [5.74, 6) is 0. The molecule has 4 atom stereocenters. The second kappa shape index (κ2) is 3.09. The Balaban J connectivity index is 1.64. The number of epoxide rings is 2. The van der Waals surface area contributed by atoms with Crippen molar-refractivity contribution in [1.29, 1.82) is 0 Å². The summed E-state index contributed by atoms with van der Waals surface area (Å²) < 4.78 is 30.6. The van der Waals surface area contributed by atoms with Crippen molar-refractivity contribution in [3.63, 3.8) is 0 Å². The monoisotopic (exact) mass is 194 g/mol. The van der Waals surface area contributed by atoms with Crippen LogP contribution in [0.25, 0.3) is 0 Å². The van der Waals surface area contributed by atoms with Gasteiger partial charge in [0.05, 0.1) is 0 Å². The average molecular weight is 194 g/mol. The first-order valence-electron chi connectivity index (χ1n) is 3.85. The quantitative estimate of drug-likeness (QED) is 0.491. The molecular formula is C6H11O5P. The zero-order valence-electron chi connectivity index (χ0n) is 6.85. The molecule has 6 heteroatoms. The highest BCUT2D eigenvalue weighted by molar-refractivity contribution is 7.33. The Labute approximate surface area is 70.9 Å². The Hall–Kier alpha value is 0.0700. The van der Waals surface area contributed by atoms with Crippen LogP contribution in [0.1, 0.15) is 13.8 Å². The van der Waals surface area contributed by atoms with Gasteiger partial charge in [0, 0.05) is 0 Å². The zero-order valence-corrected chi connectivity index (χ0v) is 7.85. The van der Waals surface area contributed by atoms with Gasteiger partial charge in [-0.3, -0.25) is 13.6 Å². The first kappa shape index (κ1) is 8.66. The fraction of sp³-hybridized carbons (Fsp3) is 1.00. The minimum absolute atomic E-state index is 0.0418. The standard InChI is InChI=1S/C6H11O5P/c1-3-5(8-3)10-12(7)11-6-4(2)9-6/h3-6,12H,1-2H3/t3-,4-,5+,6+/m0/s1. The third-order valence-electron chi connectivity index (χ3n) is 1.74. The molecule has 5 nitrogen and oxygen atoms in total. The summed E-state index contributed by atoms with van der Waals surface area (Å²) in [5, 5.41) is 0. The van der Waals surface area contributed by atoms with Crippen molar-refractivity contribution in [2.24, 2.45) is 0 Å². The van der Waals surface area contributed by atoms with Gasteiger partial charge in [-0.2, -0.15) is 0 Å². The third-order valence-corrected chi connectivity index (χ3v) is 2.59. The minimum atomic E-state index is -2.43. The molecule has 0 aliphatic carbocycles. The van der Waals surface area contributed by atoms with E-state index in [2.05, 4.69) is 0 Å². The van der Waals surface area contributed by atoms with E-state index in [0.29, 0.717) is 0 Å². The summed E-state index contributed by atoms with van der Waals surface area (Å²) in [7, 11) is -2.43. The zero-order chi connectivity index (χ0) is 8.72. The molecule has 0 aromatic heterocycles. The van der Waals surface area contributed by atoms with E-state index in [1.54, 1.807) is 0 Å². The molecule has 2 saturated heterocycles. The minimum Gasteiger partial charge on any atom is -0.341 e. The van der Waals surface area contributed by atoms with E-state index in [-0.39, 0.29) is 24.8 Å². The maximum atomic E-state index is 11.0. The maximum Gasteiger partial charge on any atom is 0.323 e. The largest absolute Gasteiger partial charge is 0.341 e. The second-order valence-corrected chi connectivity index (χ2v) is 3.88. The smallest absolute Gasteiger partial charge is 0.323 e. The van der Waals surface area contributed by atoms with E-state index in [9.17, 15) is 4.57 Å². The van der Waals surface area contributed by atoms with Gasteiger partial charge in [0.1, 0.15) is 12.2 Å². The van der Waals surface area contributed by atoms with Gasteiger partial charge in [-0.25, -0.2) is 0 Å². The molecule has 2 heterocycles. The molecule has 0 radical (unpaired) electrons. The summed E-state index contributed by atoms with van der Waals surface area (Å²) in [6, 6.07) is 0. The van der Waals surface area contributed by atoms with Gasteiger partial charge in [-0.1, -0.05) is 0 Å². The first-order valence-corrected chi connectivity index (χ1v) is 5.07. The molecule has 2 fully saturated rings. The van der Waals surface area contributed by atoms with Crippen LogP contribution < -0.4 is 0 Å². The van der Waals surface area contributed by atoms with Crippen LogP contribution in [0.2, 0.25) is 0 Å². The number of rotatable bonds is 4. The van der Waals surface area contributed by atoms with Gasteiger partial charge in [-0.15, -0.1) is 0 Å². The number of hydrogen-bond acceptors (Lipinski definition) is 5. The van der Waals surface area contributed by atoms with Gasteiger partial charge in [0.2, 0.25) is 0 Å². The van der Waals surface area contributed by atoms with Crippen molar-refractivity contribution in [1.82, 2.24) is 0 Å². The predicted molar refractivity (Wildman–Crippen MR) is 39.8 cm³/mol. The Morgan fingerprint density at radius 2 is 1.42 bits per heavy atom. The van der Waals surface area contributed by atoms with Crippen LogP contribution in [0.15, 0.2) is 0 Å². The Morgan fingerprint density at radius 1 is 1.08 bits per heavy atom. The van der Waals surface area contributed by atoms with Crippen LogP contribution in [-0.2, 0) is 23.1 Å². The normalized spacial score (nSPS) is 44.9. The van der Waals surface area contributed by atoms with Crippen molar-refractivity contribution in [3.8, 4) is 0 Å². The molecule has 0 amide bonds. The summed E-state index contributed by atoms with van der Waals surface area (Å²) in [6.07, 6.45) is -0.601. The fourth-order valence-electron chi connectivity index (χ4n) is 0.797. The van der Waals surface area contributed by atoms with Crippen LogP contribution in [0.4, 0.5) is 0 Å². The maximum absolute atomic E-state index is 11.0. The van der Waals surface area contributed by atoms with E-state index in [0.717, 1.165) is 0 Å². The van der Waals surface area contributed by atoms with E-state index in [1.165, 1.54) is 0 Å². The molecule has 0 spiro atoms. The Kier molecular flexibility index (Phi) is 2.23. The van der Waals surface area contributed by atoms with Crippen molar-refractivity contribution >= 4 is 8.25 Å². The lowest BCUT2D eigenvalue weighted by atomic mass is 10.5. The van der Waals surface area contributed by atoms with Gasteiger partial charge < -0.3 is 9.47 Å². The van der Waals surface area contributed by atoms with Gasteiger partial charge in [-0.05, 0) is 13.8 Å². The molecule has 0 bridgehead atoms. The van der Waals surface area contributed by atoms with Crippen LogP contribution >= 0.6 is 8.25 Å². The predicted octanol–water partition coefficient (Wildman–Crippen LogP) is 0.899. The highest BCUT2D eigenvalue weighted by atomic mass is 31.1. The summed E-state index contributed by atoms with van der Waals surface area (Å²) in [6.45, 7) is 3.69. The van der Waals surface area contributed by atoms with Crippen molar-refractivity contribution in [2.45, 2.75) is 38.6 Å². The molecule has 0 aromatic carbocycles. The van der Waals surface area contributed by atoms with Crippen LogP contribution in [-0.4, -0.2) is 24.8 Å². The first-order chi connectivity index (χ1) is 5.66. The molecule has 0 saturated carbocycles. The highest BCUT2D eigenvalue weighted by Crippen LogP contribution is 2.40. The highest BCUT2D eigenvalue weighted by Gasteiger charge is 2.41. The molecule has 0 aromatic rings. The van der Waals surface area contributed by atoms with Crippen molar-refractivity contribution in [2.75, 3.05) is 0 Å². The van der Waals surface area contributed by atoms with Crippen LogP contribution in [0.3, 0.4) is 0 Å². The lowest BCUT2D eigenvalue weighted by Crippen LogP contribution is -1.95. The molecule has 70 valence electrons. The van der Waals surface area contributed by atoms with Crippen molar-refractivity contribution in [3.05, 3.63) is 0 Å². The average Bonchev–Trinajstić information content (AvgIpc) is 2.80. The summed E-state index contributed by atoms with van der Waals surface area (Å²) in [4.78, 5) is 0. The van der Waals surface area contributed by atoms with Gasteiger partial charge in [0.15, 0.2) is 12.6 Å². The molecule has 2 aliphatic heterocycles. The molecular weight excluding hydrogens is 183 g/mol. The third kappa shape index (κ3) is 2.06. The van der Waals surface area contributed by atoms with E-state index in [1.807, 2.05) is 13.8 Å².